The lowest BCUT2D eigenvalue weighted by Gasteiger charge is -2.18. The summed E-state index contributed by atoms with van der Waals surface area (Å²) in [6.07, 6.45) is 0. The van der Waals surface area contributed by atoms with Crippen molar-refractivity contribution in [1.82, 2.24) is 4.57 Å². The zero-order valence-electron chi connectivity index (χ0n) is 9.60. The summed E-state index contributed by atoms with van der Waals surface area (Å²) in [7, 11) is 0. The van der Waals surface area contributed by atoms with Crippen LogP contribution in [0.3, 0.4) is 0 Å². The van der Waals surface area contributed by atoms with Gasteiger partial charge in [0.25, 0.3) is 5.56 Å². The predicted molar refractivity (Wildman–Crippen MR) is 63.5 cm³/mol. The Morgan fingerprint density at radius 1 is 1.40 bits per heavy atom. The maximum absolute atomic E-state index is 12.1. The summed E-state index contributed by atoms with van der Waals surface area (Å²) in [6, 6.07) is 0.0981. The van der Waals surface area contributed by atoms with Gasteiger partial charge in [0.05, 0.1) is 5.02 Å². The fourth-order valence-corrected chi connectivity index (χ4v) is 2.04. The first-order valence-corrected chi connectivity index (χ1v) is 5.39. The molecule has 2 N–H and O–H groups in total. The van der Waals surface area contributed by atoms with Crippen LogP contribution in [0.25, 0.3) is 0 Å². The standard InChI is InChI=1S/C11H17ClN2O/c1-6(2)14-8(4)10(12)7(3)9(5-13)11(14)15/h6H,5,13H2,1-4H3. The molecular formula is C11H17ClN2O. The third kappa shape index (κ3) is 1.94. The fourth-order valence-electron chi connectivity index (χ4n) is 1.83. The Balaban J connectivity index is 3.69. The van der Waals surface area contributed by atoms with Crippen LogP contribution in [-0.4, -0.2) is 4.57 Å². The summed E-state index contributed by atoms with van der Waals surface area (Å²) in [5.41, 5.74) is 7.77. The first-order valence-electron chi connectivity index (χ1n) is 5.02. The molecule has 0 amide bonds. The van der Waals surface area contributed by atoms with E-state index in [1.54, 1.807) is 4.57 Å². The van der Waals surface area contributed by atoms with Crippen molar-refractivity contribution < 1.29 is 0 Å². The van der Waals surface area contributed by atoms with Gasteiger partial charge in [-0.1, -0.05) is 11.6 Å². The number of pyridine rings is 1. The summed E-state index contributed by atoms with van der Waals surface area (Å²) in [5, 5.41) is 0.642. The largest absolute Gasteiger partial charge is 0.326 e. The molecule has 0 bridgehead atoms. The molecule has 0 saturated carbocycles. The summed E-state index contributed by atoms with van der Waals surface area (Å²) in [6.45, 7) is 7.85. The molecule has 0 aliphatic heterocycles. The van der Waals surface area contributed by atoms with Crippen molar-refractivity contribution >= 4 is 11.6 Å². The quantitative estimate of drug-likeness (QED) is 0.843. The number of nitrogens with two attached hydrogens (primary N) is 1. The zero-order chi connectivity index (χ0) is 11.7. The van der Waals surface area contributed by atoms with E-state index >= 15 is 0 Å². The van der Waals surface area contributed by atoms with Crippen molar-refractivity contribution in [3.8, 4) is 0 Å². The minimum absolute atomic E-state index is 0.0214. The van der Waals surface area contributed by atoms with Crippen molar-refractivity contribution in [3.05, 3.63) is 32.2 Å². The predicted octanol–water partition coefficient (Wildman–Crippen LogP) is 2.16. The van der Waals surface area contributed by atoms with Gasteiger partial charge in [-0.2, -0.15) is 0 Å². The van der Waals surface area contributed by atoms with Gasteiger partial charge in [0.2, 0.25) is 0 Å². The SMILES string of the molecule is Cc1c(Cl)c(C)n(C(C)C)c(=O)c1CN. The van der Waals surface area contributed by atoms with Crippen LogP contribution in [0.5, 0.6) is 0 Å². The first-order chi connectivity index (χ1) is 6.91. The van der Waals surface area contributed by atoms with Crippen LogP contribution >= 0.6 is 11.6 Å². The molecule has 0 aliphatic carbocycles. The highest BCUT2D eigenvalue weighted by molar-refractivity contribution is 6.32. The molecule has 0 spiro atoms. The van der Waals surface area contributed by atoms with Crippen molar-refractivity contribution in [2.24, 2.45) is 5.73 Å². The number of hydrogen-bond acceptors (Lipinski definition) is 2. The average molecular weight is 229 g/mol. The van der Waals surface area contributed by atoms with Gasteiger partial charge in [-0.05, 0) is 33.3 Å². The molecule has 1 rings (SSSR count). The normalized spacial score (nSPS) is 11.1. The highest BCUT2D eigenvalue weighted by atomic mass is 35.5. The van der Waals surface area contributed by atoms with Crippen LogP contribution in [-0.2, 0) is 6.54 Å². The highest BCUT2D eigenvalue weighted by Crippen LogP contribution is 2.22. The van der Waals surface area contributed by atoms with Crippen molar-refractivity contribution in [2.75, 3.05) is 0 Å². The van der Waals surface area contributed by atoms with E-state index in [0.29, 0.717) is 10.6 Å². The van der Waals surface area contributed by atoms with Gasteiger partial charge >= 0.3 is 0 Å². The molecule has 3 nitrogen and oxygen atoms in total. The van der Waals surface area contributed by atoms with Gasteiger partial charge in [0.1, 0.15) is 0 Å². The summed E-state index contributed by atoms with van der Waals surface area (Å²) >= 11 is 6.17. The van der Waals surface area contributed by atoms with Crippen molar-refractivity contribution in [3.63, 3.8) is 0 Å². The molecule has 15 heavy (non-hydrogen) atoms. The van der Waals surface area contributed by atoms with E-state index in [4.69, 9.17) is 17.3 Å². The second kappa shape index (κ2) is 4.37. The van der Waals surface area contributed by atoms with E-state index in [2.05, 4.69) is 0 Å². The van der Waals surface area contributed by atoms with Crippen molar-refractivity contribution in [2.45, 2.75) is 40.3 Å². The van der Waals surface area contributed by atoms with Crippen molar-refractivity contribution in [1.29, 1.82) is 0 Å². The fraction of sp³-hybridized carbons (Fsp3) is 0.545. The summed E-state index contributed by atoms with van der Waals surface area (Å²) in [5.74, 6) is 0. The summed E-state index contributed by atoms with van der Waals surface area (Å²) in [4.78, 5) is 12.1. The smallest absolute Gasteiger partial charge is 0.255 e. The molecule has 1 aromatic heterocycles. The average Bonchev–Trinajstić information content (AvgIpc) is 2.15. The number of halogens is 1. The van der Waals surface area contributed by atoms with E-state index in [9.17, 15) is 4.79 Å². The molecule has 0 fully saturated rings. The molecule has 4 heteroatoms. The van der Waals surface area contributed by atoms with Gasteiger partial charge in [-0.25, -0.2) is 0 Å². The van der Waals surface area contributed by atoms with E-state index in [1.807, 2.05) is 27.7 Å². The Hall–Kier alpha value is -0.800. The Morgan fingerprint density at radius 2 is 1.93 bits per heavy atom. The lowest BCUT2D eigenvalue weighted by molar-refractivity contribution is 0.556. The number of nitrogens with zero attached hydrogens (tertiary/aromatic N) is 1. The second-order valence-corrected chi connectivity index (χ2v) is 4.35. The summed E-state index contributed by atoms with van der Waals surface area (Å²) < 4.78 is 1.69. The van der Waals surface area contributed by atoms with Crippen LogP contribution in [0.4, 0.5) is 0 Å². The molecule has 0 saturated heterocycles. The topological polar surface area (TPSA) is 48.0 Å². The van der Waals surface area contributed by atoms with Crippen LogP contribution in [0.1, 0.15) is 36.7 Å². The van der Waals surface area contributed by atoms with Crippen LogP contribution in [0.2, 0.25) is 5.02 Å². The molecule has 0 radical (unpaired) electrons. The maximum atomic E-state index is 12.1. The van der Waals surface area contributed by atoms with Gasteiger partial charge in [-0.15, -0.1) is 0 Å². The molecule has 0 unspecified atom stereocenters. The van der Waals surface area contributed by atoms with Gasteiger partial charge in [0.15, 0.2) is 0 Å². The van der Waals surface area contributed by atoms with Crippen LogP contribution < -0.4 is 11.3 Å². The lowest BCUT2D eigenvalue weighted by atomic mass is 10.1. The Labute approximate surface area is 94.9 Å². The van der Waals surface area contributed by atoms with Gasteiger partial charge in [-0.3, -0.25) is 4.79 Å². The third-order valence-corrected chi connectivity index (χ3v) is 3.22. The Kier molecular flexibility index (Phi) is 3.58. The van der Waals surface area contributed by atoms with E-state index in [1.165, 1.54) is 0 Å². The minimum atomic E-state index is -0.0214. The molecule has 84 valence electrons. The molecule has 1 heterocycles. The second-order valence-electron chi connectivity index (χ2n) is 3.98. The third-order valence-electron chi connectivity index (χ3n) is 2.66. The first kappa shape index (κ1) is 12.3. The number of aromatic nitrogens is 1. The van der Waals surface area contributed by atoms with Gasteiger partial charge in [0, 0.05) is 23.8 Å². The lowest BCUT2D eigenvalue weighted by Crippen LogP contribution is -2.30. The van der Waals surface area contributed by atoms with E-state index in [-0.39, 0.29) is 18.1 Å². The number of hydrogen-bond donors (Lipinski definition) is 1. The zero-order valence-corrected chi connectivity index (χ0v) is 10.4. The molecule has 1 aromatic rings. The van der Waals surface area contributed by atoms with Crippen LogP contribution in [0, 0.1) is 13.8 Å². The monoisotopic (exact) mass is 228 g/mol. The molecule has 0 atom stereocenters. The van der Waals surface area contributed by atoms with Gasteiger partial charge < -0.3 is 10.3 Å². The molecule has 0 aromatic carbocycles. The van der Waals surface area contributed by atoms with Crippen LogP contribution in [0.15, 0.2) is 4.79 Å². The Bertz CT molecular complexity index is 435. The molecular weight excluding hydrogens is 212 g/mol. The number of rotatable bonds is 2. The maximum Gasteiger partial charge on any atom is 0.255 e. The van der Waals surface area contributed by atoms with E-state index < -0.39 is 0 Å². The van der Waals surface area contributed by atoms with E-state index in [0.717, 1.165) is 11.3 Å². The minimum Gasteiger partial charge on any atom is -0.326 e. The molecule has 0 aliphatic rings. The Morgan fingerprint density at radius 3 is 2.33 bits per heavy atom. The highest BCUT2D eigenvalue weighted by Gasteiger charge is 2.15.